The Bertz CT molecular complexity index is 561. The molecule has 0 aliphatic rings. The Morgan fingerprint density at radius 3 is 2.05 bits per heavy atom. The van der Waals surface area contributed by atoms with Crippen LogP contribution in [0.3, 0.4) is 0 Å². The smallest absolute Gasteiger partial charge is 0.142 e. The quantitative estimate of drug-likeness (QED) is 0.808. The van der Waals surface area contributed by atoms with Gasteiger partial charge in [0.2, 0.25) is 0 Å². The Morgan fingerprint density at radius 1 is 1.00 bits per heavy atom. The number of hydrogen-bond donors (Lipinski definition) is 2. The van der Waals surface area contributed by atoms with E-state index in [-0.39, 0.29) is 0 Å². The summed E-state index contributed by atoms with van der Waals surface area (Å²) in [7, 11) is 0. The molecule has 4 N–H and O–H groups in total. The van der Waals surface area contributed by atoms with Crippen molar-refractivity contribution in [2.24, 2.45) is 0 Å². The van der Waals surface area contributed by atoms with Crippen molar-refractivity contribution < 1.29 is 4.74 Å². The van der Waals surface area contributed by atoms with Gasteiger partial charge in [0.1, 0.15) is 11.8 Å². The number of para-hydroxylation sites is 3. The lowest BCUT2D eigenvalue weighted by molar-refractivity contribution is 0.342. The van der Waals surface area contributed by atoms with Gasteiger partial charge in [-0.05, 0) is 31.2 Å². The van der Waals surface area contributed by atoms with Crippen LogP contribution in [0.25, 0.3) is 0 Å². The molecular formula is C15H17N3O. The van der Waals surface area contributed by atoms with Gasteiger partial charge in [0.15, 0.2) is 0 Å². The fraction of sp³-hybridized carbons (Fsp3) is 0.133. The SMILES string of the molecule is CCOc1ccccc1N.N#Cc1ccccc1N. The summed E-state index contributed by atoms with van der Waals surface area (Å²) < 4.78 is 5.21. The van der Waals surface area contributed by atoms with Crippen LogP contribution in [-0.2, 0) is 0 Å². The predicted molar refractivity (Wildman–Crippen MR) is 77.6 cm³/mol. The summed E-state index contributed by atoms with van der Waals surface area (Å²) in [6.07, 6.45) is 0. The van der Waals surface area contributed by atoms with Crippen molar-refractivity contribution in [1.29, 1.82) is 5.26 Å². The fourth-order valence-electron chi connectivity index (χ4n) is 1.37. The number of nitriles is 1. The maximum atomic E-state index is 8.39. The van der Waals surface area contributed by atoms with E-state index in [9.17, 15) is 0 Å². The molecule has 4 heteroatoms. The second-order valence-electron chi connectivity index (χ2n) is 3.67. The Hall–Kier alpha value is -2.67. The van der Waals surface area contributed by atoms with Crippen molar-refractivity contribution in [2.45, 2.75) is 6.92 Å². The number of anilines is 2. The van der Waals surface area contributed by atoms with Gasteiger partial charge in [0.25, 0.3) is 0 Å². The first-order valence-corrected chi connectivity index (χ1v) is 5.91. The third kappa shape index (κ3) is 4.60. The van der Waals surface area contributed by atoms with Gasteiger partial charge < -0.3 is 16.2 Å². The predicted octanol–water partition coefficient (Wildman–Crippen LogP) is 2.81. The molecule has 0 spiro atoms. The van der Waals surface area contributed by atoms with Gasteiger partial charge in [-0.15, -0.1) is 0 Å². The minimum absolute atomic E-state index is 0.539. The maximum absolute atomic E-state index is 8.39. The summed E-state index contributed by atoms with van der Waals surface area (Å²) in [6, 6.07) is 16.4. The second kappa shape index (κ2) is 7.62. The highest BCUT2D eigenvalue weighted by Gasteiger charge is 1.94. The third-order valence-electron chi connectivity index (χ3n) is 2.30. The van der Waals surface area contributed by atoms with Gasteiger partial charge >= 0.3 is 0 Å². The number of nitrogens with zero attached hydrogens (tertiary/aromatic N) is 1. The standard InChI is InChI=1S/C8H11NO.C7H6N2/c1-2-10-8-6-4-3-5-7(8)9;8-5-6-3-1-2-4-7(6)9/h3-6H,2,9H2,1H3;1-4H,9H2. The second-order valence-corrected chi connectivity index (χ2v) is 3.67. The van der Waals surface area contributed by atoms with Crippen LogP contribution in [0.2, 0.25) is 0 Å². The summed E-state index contributed by atoms with van der Waals surface area (Å²) in [5.74, 6) is 0.769. The molecular weight excluding hydrogens is 238 g/mol. The molecule has 0 aliphatic heterocycles. The lowest BCUT2D eigenvalue weighted by atomic mass is 10.2. The first-order valence-electron chi connectivity index (χ1n) is 5.91. The molecule has 2 aromatic rings. The number of benzene rings is 2. The zero-order valence-electron chi connectivity index (χ0n) is 10.8. The van der Waals surface area contributed by atoms with E-state index in [4.69, 9.17) is 21.5 Å². The molecule has 0 heterocycles. The summed E-state index contributed by atoms with van der Waals surface area (Å²) >= 11 is 0. The minimum atomic E-state index is 0.539. The fourth-order valence-corrected chi connectivity index (χ4v) is 1.37. The van der Waals surface area contributed by atoms with Crippen LogP contribution in [0.4, 0.5) is 11.4 Å². The van der Waals surface area contributed by atoms with E-state index in [2.05, 4.69) is 0 Å². The molecule has 0 radical (unpaired) electrons. The van der Waals surface area contributed by atoms with Crippen LogP contribution >= 0.6 is 0 Å². The van der Waals surface area contributed by atoms with E-state index in [1.165, 1.54) is 0 Å². The molecule has 19 heavy (non-hydrogen) atoms. The summed E-state index contributed by atoms with van der Waals surface area (Å²) in [4.78, 5) is 0. The topological polar surface area (TPSA) is 85.1 Å². The van der Waals surface area contributed by atoms with Crippen LogP contribution in [0, 0.1) is 11.3 Å². The molecule has 0 unspecified atom stereocenters. The van der Waals surface area contributed by atoms with Crippen molar-refractivity contribution in [1.82, 2.24) is 0 Å². The lowest BCUT2D eigenvalue weighted by Gasteiger charge is -2.04. The molecule has 0 saturated carbocycles. The molecule has 0 bridgehead atoms. The van der Waals surface area contributed by atoms with Crippen LogP contribution in [-0.4, -0.2) is 6.61 Å². The minimum Gasteiger partial charge on any atom is -0.492 e. The molecule has 0 atom stereocenters. The van der Waals surface area contributed by atoms with Gasteiger partial charge in [0.05, 0.1) is 17.9 Å². The van der Waals surface area contributed by atoms with Crippen LogP contribution in [0.15, 0.2) is 48.5 Å². The zero-order valence-corrected chi connectivity index (χ0v) is 10.8. The van der Waals surface area contributed by atoms with Crippen molar-refractivity contribution in [3.05, 3.63) is 54.1 Å². The van der Waals surface area contributed by atoms with Gasteiger partial charge in [-0.1, -0.05) is 24.3 Å². The summed E-state index contributed by atoms with van der Waals surface area (Å²) in [5, 5.41) is 8.39. The first-order chi connectivity index (χ1) is 9.19. The van der Waals surface area contributed by atoms with Gasteiger partial charge in [-0.2, -0.15) is 5.26 Å². The van der Waals surface area contributed by atoms with Crippen molar-refractivity contribution in [3.63, 3.8) is 0 Å². The van der Waals surface area contributed by atoms with E-state index in [1.807, 2.05) is 37.3 Å². The van der Waals surface area contributed by atoms with E-state index < -0.39 is 0 Å². The summed E-state index contributed by atoms with van der Waals surface area (Å²) in [6.45, 7) is 2.60. The van der Waals surface area contributed by atoms with Crippen LogP contribution in [0.1, 0.15) is 12.5 Å². The van der Waals surface area contributed by atoms with Crippen LogP contribution < -0.4 is 16.2 Å². The van der Waals surface area contributed by atoms with Gasteiger partial charge in [0, 0.05) is 5.69 Å². The van der Waals surface area contributed by atoms with Crippen LogP contribution in [0.5, 0.6) is 5.75 Å². The molecule has 0 saturated heterocycles. The third-order valence-corrected chi connectivity index (χ3v) is 2.30. The Balaban J connectivity index is 0.000000191. The average Bonchev–Trinajstić information content (AvgIpc) is 2.43. The highest BCUT2D eigenvalue weighted by molar-refractivity contribution is 5.53. The van der Waals surface area contributed by atoms with E-state index in [0.717, 1.165) is 5.75 Å². The van der Waals surface area contributed by atoms with E-state index in [0.29, 0.717) is 23.5 Å². The average molecular weight is 255 g/mol. The number of rotatable bonds is 2. The Morgan fingerprint density at radius 2 is 1.58 bits per heavy atom. The number of hydrogen-bond acceptors (Lipinski definition) is 4. The molecule has 0 fully saturated rings. The Labute approximate surface area is 113 Å². The monoisotopic (exact) mass is 255 g/mol. The van der Waals surface area contributed by atoms with E-state index in [1.54, 1.807) is 24.3 Å². The number of nitrogens with two attached hydrogens (primary N) is 2. The first kappa shape index (κ1) is 14.4. The van der Waals surface area contributed by atoms with E-state index >= 15 is 0 Å². The molecule has 2 aromatic carbocycles. The molecule has 4 nitrogen and oxygen atoms in total. The van der Waals surface area contributed by atoms with Crippen molar-refractivity contribution >= 4 is 11.4 Å². The molecule has 98 valence electrons. The van der Waals surface area contributed by atoms with Gasteiger partial charge in [-0.25, -0.2) is 0 Å². The zero-order chi connectivity index (χ0) is 14.1. The number of ether oxygens (including phenoxy) is 1. The lowest BCUT2D eigenvalue weighted by Crippen LogP contribution is -1.95. The van der Waals surface area contributed by atoms with Gasteiger partial charge in [-0.3, -0.25) is 0 Å². The Kier molecular flexibility index (Phi) is 5.77. The molecule has 0 aromatic heterocycles. The highest BCUT2D eigenvalue weighted by atomic mass is 16.5. The summed E-state index contributed by atoms with van der Waals surface area (Å²) in [5.41, 5.74) is 12.8. The van der Waals surface area contributed by atoms with Crippen molar-refractivity contribution in [2.75, 3.05) is 18.1 Å². The molecule has 0 amide bonds. The highest BCUT2D eigenvalue weighted by Crippen LogP contribution is 2.18. The molecule has 0 aliphatic carbocycles. The normalized spacial score (nSPS) is 8.84. The largest absolute Gasteiger partial charge is 0.492 e. The van der Waals surface area contributed by atoms with Crippen molar-refractivity contribution in [3.8, 4) is 11.8 Å². The maximum Gasteiger partial charge on any atom is 0.142 e. The number of nitrogen functional groups attached to an aromatic ring is 2. The molecule has 2 rings (SSSR count).